The zero-order chi connectivity index (χ0) is 31.7. The van der Waals surface area contributed by atoms with Gasteiger partial charge in [-0.1, -0.05) is 85.3 Å². The highest BCUT2D eigenvalue weighted by molar-refractivity contribution is 7.92. The fraction of sp³-hybridized carbons (Fsp3) is 0.235. The number of halogens is 2. The molecule has 0 radical (unpaired) electrons. The van der Waals surface area contributed by atoms with Crippen LogP contribution in [0.15, 0.2) is 108 Å². The molecule has 0 heterocycles. The van der Waals surface area contributed by atoms with E-state index >= 15 is 0 Å². The van der Waals surface area contributed by atoms with E-state index in [1.807, 2.05) is 37.3 Å². The van der Waals surface area contributed by atoms with Gasteiger partial charge in [0.05, 0.1) is 10.6 Å². The summed E-state index contributed by atoms with van der Waals surface area (Å²) in [4.78, 5) is 29.4. The van der Waals surface area contributed by atoms with Crippen molar-refractivity contribution >= 4 is 39.1 Å². The maximum atomic E-state index is 14.4. The Hall–Kier alpha value is -4.21. The Morgan fingerprint density at radius 1 is 0.886 bits per heavy atom. The van der Waals surface area contributed by atoms with Crippen LogP contribution in [-0.2, 0) is 32.6 Å². The predicted molar refractivity (Wildman–Crippen MR) is 171 cm³/mol. The molecule has 230 valence electrons. The first-order valence-corrected chi connectivity index (χ1v) is 16.1. The Morgan fingerprint density at radius 3 is 2.16 bits per heavy atom. The van der Waals surface area contributed by atoms with Crippen LogP contribution in [0.1, 0.15) is 30.0 Å². The van der Waals surface area contributed by atoms with Gasteiger partial charge in [0.2, 0.25) is 11.8 Å². The van der Waals surface area contributed by atoms with Gasteiger partial charge in [0, 0.05) is 24.5 Å². The molecule has 1 unspecified atom stereocenters. The van der Waals surface area contributed by atoms with Crippen LogP contribution in [0, 0.1) is 12.7 Å². The molecule has 0 fully saturated rings. The summed E-state index contributed by atoms with van der Waals surface area (Å²) in [5.74, 6) is -1.42. The molecular formula is C34H35ClFN3O4S. The van der Waals surface area contributed by atoms with Gasteiger partial charge in [-0.05, 0) is 66.4 Å². The second kappa shape index (κ2) is 15.0. The van der Waals surface area contributed by atoms with Crippen LogP contribution in [0.3, 0.4) is 0 Å². The van der Waals surface area contributed by atoms with Crippen molar-refractivity contribution < 1.29 is 22.4 Å². The van der Waals surface area contributed by atoms with E-state index < -0.39 is 34.3 Å². The topological polar surface area (TPSA) is 86.8 Å². The number of benzene rings is 4. The molecule has 0 spiro atoms. The first-order valence-electron chi connectivity index (χ1n) is 14.3. The number of carbonyl (C=O) groups is 2. The van der Waals surface area contributed by atoms with E-state index in [0.717, 1.165) is 9.87 Å². The average Bonchev–Trinajstić information content (AvgIpc) is 3.03. The third-order valence-corrected chi connectivity index (χ3v) is 9.15. The van der Waals surface area contributed by atoms with Gasteiger partial charge in [0.1, 0.15) is 18.4 Å². The van der Waals surface area contributed by atoms with Crippen molar-refractivity contribution in [3.63, 3.8) is 0 Å². The van der Waals surface area contributed by atoms with E-state index in [2.05, 4.69) is 5.32 Å². The summed E-state index contributed by atoms with van der Waals surface area (Å²) in [6.07, 6.45) is 0.873. The third kappa shape index (κ3) is 8.24. The lowest BCUT2D eigenvalue weighted by atomic mass is 10.0. The van der Waals surface area contributed by atoms with Gasteiger partial charge in [0.15, 0.2) is 0 Å². The van der Waals surface area contributed by atoms with Gasteiger partial charge in [0.25, 0.3) is 10.0 Å². The number of nitrogens with zero attached hydrogens (tertiary/aromatic N) is 2. The summed E-state index contributed by atoms with van der Waals surface area (Å²) < 4.78 is 43.0. The molecule has 0 saturated carbocycles. The minimum absolute atomic E-state index is 0.00113. The maximum absolute atomic E-state index is 14.4. The molecule has 1 N–H and O–H groups in total. The minimum atomic E-state index is -4.24. The summed E-state index contributed by atoms with van der Waals surface area (Å²) >= 11 is 6.31. The van der Waals surface area contributed by atoms with Crippen LogP contribution >= 0.6 is 11.6 Å². The lowest BCUT2D eigenvalue weighted by molar-refractivity contribution is -0.140. The Morgan fingerprint density at radius 2 is 1.52 bits per heavy atom. The average molecular weight is 636 g/mol. The van der Waals surface area contributed by atoms with Gasteiger partial charge < -0.3 is 10.2 Å². The summed E-state index contributed by atoms with van der Waals surface area (Å²) in [6, 6.07) is 26.6. The van der Waals surface area contributed by atoms with Crippen molar-refractivity contribution in [1.29, 1.82) is 0 Å². The Labute approximate surface area is 263 Å². The molecule has 4 aromatic rings. The summed E-state index contributed by atoms with van der Waals surface area (Å²) in [6.45, 7) is 3.40. The fourth-order valence-electron chi connectivity index (χ4n) is 4.79. The second-order valence-electron chi connectivity index (χ2n) is 10.4. The van der Waals surface area contributed by atoms with E-state index in [-0.39, 0.29) is 29.5 Å². The predicted octanol–water partition coefficient (Wildman–Crippen LogP) is 6.15. The summed E-state index contributed by atoms with van der Waals surface area (Å²) in [5, 5.41) is 3.20. The van der Waals surface area contributed by atoms with Crippen molar-refractivity contribution in [1.82, 2.24) is 10.2 Å². The quantitative estimate of drug-likeness (QED) is 0.191. The SMILES string of the molecule is CCCNC(=O)C(Cc1ccccc1)N(Cc1ccc(F)cc1)C(=O)CN(c1cc(Cl)ccc1C)S(=O)(=O)c1ccccc1. The highest BCUT2D eigenvalue weighted by atomic mass is 35.5. The summed E-state index contributed by atoms with van der Waals surface area (Å²) in [7, 11) is -4.24. The van der Waals surface area contributed by atoms with Gasteiger partial charge in [-0.3, -0.25) is 13.9 Å². The van der Waals surface area contributed by atoms with Gasteiger partial charge in [-0.25, -0.2) is 12.8 Å². The molecule has 0 aliphatic carbocycles. The number of amides is 2. The molecule has 4 aromatic carbocycles. The zero-order valence-corrected chi connectivity index (χ0v) is 26.2. The van der Waals surface area contributed by atoms with Crippen molar-refractivity contribution in [3.8, 4) is 0 Å². The van der Waals surface area contributed by atoms with Crippen molar-refractivity contribution in [3.05, 3.63) is 131 Å². The Kier molecular flexibility index (Phi) is 11.1. The van der Waals surface area contributed by atoms with Crippen molar-refractivity contribution in [2.24, 2.45) is 0 Å². The van der Waals surface area contributed by atoms with Crippen LogP contribution < -0.4 is 9.62 Å². The summed E-state index contributed by atoms with van der Waals surface area (Å²) in [5.41, 5.74) is 2.23. The smallest absolute Gasteiger partial charge is 0.264 e. The second-order valence-corrected chi connectivity index (χ2v) is 12.7. The molecule has 7 nitrogen and oxygen atoms in total. The first kappa shape index (κ1) is 32.7. The standard InChI is InChI=1S/C34H35ClFN3O4S/c1-3-20-37-34(41)32(21-26-10-6-4-7-11-26)38(23-27-15-18-29(36)19-16-27)33(40)24-39(31-22-28(35)17-14-25(31)2)44(42,43)30-12-8-5-9-13-30/h4-19,22,32H,3,20-21,23-24H2,1-2H3,(H,37,41). The molecule has 0 aliphatic rings. The number of rotatable bonds is 13. The number of aryl methyl sites for hydroxylation is 1. The van der Waals surface area contributed by atoms with Gasteiger partial charge in [-0.15, -0.1) is 0 Å². The zero-order valence-electron chi connectivity index (χ0n) is 24.6. The van der Waals surface area contributed by atoms with Crippen LogP contribution in [-0.4, -0.2) is 44.3 Å². The van der Waals surface area contributed by atoms with Gasteiger partial charge >= 0.3 is 0 Å². The Balaban J connectivity index is 1.81. The van der Waals surface area contributed by atoms with Gasteiger partial charge in [-0.2, -0.15) is 0 Å². The van der Waals surface area contributed by atoms with E-state index in [9.17, 15) is 22.4 Å². The molecule has 0 saturated heterocycles. The molecule has 10 heteroatoms. The lowest BCUT2D eigenvalue weighted by Crippen LogP contribution is -2.53. The molecule has 44 heavy (non-hydrogen) atoms. The number of carbonyl (C=O) groups excluding carboxylic acids is 2. The largest absolute Gasteiger partial charge is 0.354 e. The van der Waals surface area contributed by atoms with E-state index in [1.165, 1.54) is 35.2 Å². The minimum Gasteiger partial charge on any atom is -0.354 e. The van der Waals surface area contributed by atoms with E-state index in [1.54, 1.807) is 49.4 Å². The molecule has 0 aromatic heterocycles. The number of hydrogen-bond donors (Lipinski definition) is 1. The lowest BCUT2D eigenvalue weighted by Gasteiger charge is -2.34. The van der Waals surface area contributed by atoms with Crippen LogP contribution in [0.4, 0.5) is 10.1 Å². The third-order valence-electron chi connectivity index (χ3n) is 7.14. The fourth-order valence-corrected chi connectivity index (χ4v) is 6.45. The van der Waals surface area contributed by atoms with Crippen LogP contribution in [0.5, 0.6) is 0 Å². The number of sulfonamides is 1. The molecular weight excluding hydrogens is 601 g/mol. The molecule has 0 bridgehead atoms. The Bertz CT molecular complexity index is 1670. The molecule has 0 aliphatic heterocycles. The van der Waals surface area contributed by atoms with Crippen LogP contribution in [0.2, 0.25) is 5.02 Å². The number of nitrogens with one attached hydrogen (secondary N) is 1. The number of hydrogen-bond acceptors (Lipinski definition) is 4. The van der Waals surface area contributed by atoms with Crippen molar-refractivity contribution in [2.75, 3.05) is 17.4 Å². The highest BCUT2D eigenvalue weighted by Crippen LogP contribution is 2.30. The first-order chi connectivity index (χ1) is 21.1. The number of anilines is 1. The normalized spacial score (nSPS) is 11.9. The van der Waals surface area contributed by atoms with E-state index in [4.69, 9.17) is 11.6 Å². The van der Waals surface area contributed by atoms with Crippen LogP contribution in [0.25, 0.3) is 0 Å². The van der Waals surface area contributed by atoms with Crippen molar-refractivity contribution in [2.45, 2.75) is 44.2 Å². The molecule has 1 atom stereocenters. The molecule has 4 rings (SSSR count). The van der Waals surface area contributed by atoms with E-state index in [0.29, 0.717) is 29.1 Å². The molecule has 2 amide bonds. The maximum Gasteiger partial charge on any atom is 0.264 e. The highest BCUT2D eigenvalue weighted by Gasteiger charge is 2.35. The monoisotopic (exact) mass is 635 g/mol.